The van der Waals surface area contributed by atoms with E-state index >= 15 is 0 Å². The van der Waals surface area contributed by atoms with Crippen LogP contribution in [0.4, 0.5) is 0 Å². The summed E-state index contributed by atoms with van der Waals surface area (Å²) >= 11 is 0. The number of furan rings is 1. The molecule has 0 aliphatic carbocycles. The van der Waals surface area contributed by atoms with Crippen molar-refractivity contribution in [3.05, 3.63) is 23.2 Å². The highest BCUT2D eigenvalue weighted by atomic mass is 35.5. The zero-order chi connectivity index (χ0) is 14.8. The summed E-state index contributed by atoms with van der Waals surface area (Å²) in [4.78, 5) is 13.8. The third-order valence-electron chi connectivity index (χ3n) is 3.91. The van der Waals surface area contributed by atoms with E-state index in [2.05, 4.69) is 24.2 Å². The van der Waals surface area contributed by atoms with E-state index in [-0.39, 0.29) is 18.4 Å². The van der Waals surface area contributed by atoms with Crippen LogP contribution in [0.15, 0.2) is 10.5 Å². The Balaban J connectivity index is 0.00000220. The first-order chi connectivity index (χ1) is 9.43. The zero-order valence-corrected chi connectivity index (χ0v) is 14.0. The number of rotatable bonds is 5. The van der Waals surface area contributed by atoms with E-state index in [4.69, 9.17) is 9.15 Å². The van der Waals surface area contributed by atoms with Crippen molar-refractivity contribution < 1.29 is 13.9 Å². The summed E-state index contributed by atoms with van der Waals surface area (Å²) in [5.41, 5.74) is 0.839. The van der Waals surface area contributed by atoms with Gasteiger partial charge in [0.15, 0.2) is 0 Å². The first-order valence-corrected chi connectivity index (χ1v) is 7.00. The number of nitrogens with one attached hydrogen (secondary N) is 1. The molecule has 120 valence electrons. The molecule has 21 heavy (non-hydrogen) atoms. The van der Waals surface area contributed by atoms with Crippen LogP contribution in [0, 0.1) is 12.3 Å². The van der Waals surface area contributed by atoms with Crippen molar-refractivity contribution in [3.8, 4) is 0 Å². The van der Waals surface area contributed by atoms with Crippen LogP contribution in [0.1, 0.15) is 35.2 Å². The van der Waals surface area contributed by atoms with Crippen LogP contribution in [0.5, 0.6) is 0 Å². The number of halogens is 1. The normalized spacial score (nSPS) is 21.4. The lowest BCUT2D eigenvalue weighted by atomic mass is 9.89. The molecule has 1 aromatic heterocycles. The summed E-state index contributed by atoms with van der Waals surface area (Å²) in [5, 5.41) is 3.41. The maximum Gasteiger partial charge on any atom is 0.341 e. The Morgan fingerprint density at radius 3 is 2.86 bits per heavy atom. The molecule has 1 atom stereocenters. The highest BCUT2D eigenvalue weighted by molar-refractivity contribution is 5.90. The first-order valence-electron chi connectivity index (χ1n) is 7.00. The Morgan fingerprint density at radius 2 is 2.29 bits per heavy atom. The maximum absolute atomic E-state index is 11.6. The van der Waals surface area contributed by atoms with Gasteiger partial charge in [0.25, 0.3) is 0 Å². The molecule has 1 saturated heterocycles. The predicted octanol–water partition coefficient (Wildman–Crippen LogP) is 2.23. The van der Waals surface area contributed by atoms with E-state index in [0.29, 0.717) is 23.3 Å². The van der Waals surface area contributed by atoms with Gasteiger partial charge < -0.3 is 14.5 Å². The number of esters is 1. The molecule has 6 heteroatoms. The van der Waals surface area contributed by atoms with Gasteiger partial charge in [-0.3, -0.25) is 4.90 Å². The third-order valence-corrected chi connectivity index (χ3v) is 3.91. The molecule has 1 N–H and O–H groups in total. The van der Waals surface area contributed by atoms with Gasteiger partial charge >= 0.3 is 5.97 Å². The van der Waals surface area contributed by atoms with Gasteiger partial charge in [0.1, 0.15) is 17.1 Å². The van der Waals surface area contributed by atoms with E-state index in [0.717, 1.165) is 25.4 Å². The molecule has 1 unspecified atom stereocenters. The molecule has 1 aromatic rings. The Hall–Kier alpha value is -1.04. The Bertz CT molecular complexity index is 481. The maximum atomic E-state index is 11.6. The van der Waals surface area contributed by atoms with Gasteiger partial charge in [-0.1, -0.05) is 6.92 Å². The molecular formula is C15H25ClN2O3. The fourth-order valence-electron chi connectivity index (χ4n) is 2.91. The van der Waals surface area contributed by atoms with Crippen LogP contribution in [0.3, 0.4) is 0 Å². The number of hydrogen-bond donors (Lipinski definition) is 1. The number of hydrogen-bond acceptors (Lipinski definition) is 5. The Labute approximate surface area is 132 Å². The molecule has 0 radical (unpaired) electrons. The summed E-state index contributed by atoms with van der Waals surface area (Å²) < 4.78 is 10.4. The number of aryl methyl sites for hydroxylation is 1. The van der Waals surface area contributed by atoms with Gasteiger partial charge in [0.2, 0.25) is 0 Å². The molecular weight excluding hydrogens is 292 g/mol. The van der Waals surface area contributed by atoms with Crippen LogP contribution >= 0.6 is 12.4 Å². The van der Waals surface area contributed by atoms with Crippen molar-refractivity contribution >= 4 is 18.4 Å². The molecule has 0 aromatic carbocycles. The van der Waals surface area contributed by atoms with Gasteiger partial charge in [0, 0.05) is 13.1 Å². The summed E-state index contributed by atoms with van der Waals surface area (Å²) in [6.07, 6.45) is 1.20. The predicted molar refractivity (Wildman–Crippen MR) is 84.0 cm³/mol. The van der Waals surface area contributed by atoms with Gasteiger partial charge in [0.05, 0.1) is 13.7 Å². The second kappa shape index (κ2) is 7.29. The van der Waals surface area contributed by atoms with Crippen LogP contribution < -0.4 is 5.32 Å². The second-order valence-electron chi connectivity index (χ2n) is 6.08. The van der Waals surface area contributed by atoms with Crippen molar-refractivity contribution in [1.82, 2.24) is 10.2 Å². The largest absolute Gasteiger partial charge is 0.465 e. The minimum absolute atomic E-state index is 0. The molecule has 0 bridgehead atoms. The molecule has 0 saturated carbocycles. The van der Waals surface area contributed by atoms with E-state index in [1.165, 1.54) is 13.5 Å². The average Bonchev–Trinajstić information content (AvgIpc) is 2.95. The minimum Gasteiger partial charge on any atom is -0.465 e. The van der Waals surface area contributed by atoms with E-state index in [9.17, 15) is 4.79 Å². The Morgan fingerprint density at radius 1 is 1.57 bits per heavy atom. The molecule has 1 fully saturated rings. The fourth-order valence-corrected chi connectivity index (χ4v) is 2.91. The lowest BCUT2D eigenvalue weighted by Gasteiger charge is -2.28. The standard InChI is InChI=1S/C15H24N2O3.ClH/c1-11-13(14(18)19-4)7-12(20-11)8-17(3)10-15(2)5-6-16-9-15;/h7,16H,5-6,8-10H2,1-4H3;1H. The van der Waals surface area contributed by atoms with Crippen molar-refractivity contribution in [1.29, 1.82) is 0 Å². The SMILES string of the molecule is COC(=O)c1cc(CN(C)CC2(C)CCNC2)oc1C.Cl. The summed E-state index contributed by atoms with van der Waals surface area (Å²) in [7, 11) is 3.47. The van der Waals surface area contributed by atoms with Crippen molar-refractivity contribution in [3.63, 3.8) is 0 Å². The van der Waals surface area contributed by atoms with E-state index in [1.807, 2.05) is 0 Å². The third kappa shape index (κ3) is 4.46. The molecule has 2 heterocycles. The summed E-state index contributed by atoms with van der Waals surface area (Å²) in [6, 6.07) is 1.78. The Kier molecular flexibility index (Phi) is 6.25. The monoisotopic (exact) mass is 316 g/mol. The van der Waals surface area contributed by atoms with Crippen molar-refractivity contribution in [2.75, 3.05) is 33.8 Å². The molecule has 5 nitrogen and oxygen atoms in total. The van der Waals surface area contributed by atoms with Crippen molar-refractivity contribution in [2.24, 2.45) is 5.41 Å². The molecule has 2 rings (SSSR count). The lowest BCUT2D eigenvalue weighted by molar-refractivity contribution is 0.0599. The van der Waals surface area contributed by atoms with E-state index < -0.39 is 0 Å². The highest BCUT2D eigenvalue weighted by Crippen LogP contribution is 2.26. The summed E-state index contributed by atoms with van der Waals surface area (Å²) in [6.45, 7) is 7.95. The second-order valence-corrected chi connectivity index (χ2v) is 6.08. The topological polar surface area (TPSA) is 54.7 Å². The van der Waals surface area contributed by atoms with Gasteiger partial charge in [-0.25, -0.2) is 4.79 Å². The van der Waals surface area contributed by atoms with E-state index in [1.54, 1.807) is 13.0 Å². The first kappa shape index (κ1) is 18.0. The van der Waals surface area contributed by atoms with Gasteiger partial charge in [-0.05, 0) is 38.4 Å². The summed E-state index contributed by atoms with van der Waals surface area (Å²) in [5.74, 6) is 1.08. The number of carbonyl (C=O) groups excluding carboxylic acids is 1. The average molecular weight is 317 g/mol. The molecule has 0 spiro atoms. The van der Waals surface area contributed by atoms with Crippen molar-refractivity contribution in [2.45, 2.75) is 26.8 Å². The zero-order valence-electron chi connectivity index (χ0n) is 13.2. The van der Waals surface area contributed by atoms with Crippen LogP contribution in [-0.4, -0.2) is 44.7 Å². The number of carbonyl (C=O) groups is 1. The smallest absolute Gasteiger partial charge is 0.341 e. The van der Waals surface area contributed by atoms with Crippen LogP contribution in [-0.2, 0) is 11.3 Å². The minimum atomic E-state index is -0.341. The number of methoxy groups -OCH3 is 1. The number of ether oxygens (including phenoxy) is 1. The van der Waals surface area contributed by atoms with Gasteiger partial charge in [-0.2, -0.15) is 0 Å². The molecule has 1 aliphatic heterocycles. The van der Waals surface area contributed by atoms with Gasteiger partial charge in [-0.15, -0.1) is 12.4 Å². The molecule has 1 aliphatic rings. The quantitative estimate of drug-likeness (QED) is 0.844. The lowest BCUT2D eigenvalue weighted by Crippen LogP contribution is -2.34. The van der Waals surface area contributed by atoms with Crippen LogP contribution in [0.25, 0.3) is 0 Å². The fraction of sp³-hybridized carbons (Fsp3) is 0.667. The number of nitrogens with zero attached hydrogens (tertiary/aromatic N) is 1. The van der Waals surface area contributed by atoms with Crippen LogP contribution in [0.2, 0.25) is 0 Å². The molecule has 0 amide bonds. The highest BCUT2D eigenvalue weighted by Gasteiger charge is 2.30.